The predicted octanol–water partition coefficient (Wildman–Crippen LogP) is 2.73. The minimum atomic E-state index is 0.605. The van der Waals surface area contributed by atoms with E-state index < -0.39 is 0 Å². The van der Waals surface area contributed by atoms with Gasteiger partial charge >= 0.3 is 0 Å². The van der Waals surface area contributed by atoms with E-state index in [9.17, 15) is 0 Å². The van der Waals surface area contributed by atoms with Crippen molar-refractivity contribution in [2.45, 2.75) is 13.8 Å². The number of hydrogen-bond acceptors (Lipinski definition) is 1. The van der Waals surface area contributed by atoms with Crippen LogP contribution >= 0.6 is 11.6 Å². The average molecular weight is 144 g/mol. The van der Waals surface area contributed by atoms with Gasteiger partial charge in [-0.25, -0.2) is 0 Å². The first-order valence-corrected chi connectivity index (χ1v) is 3.05. The van der Waals surface area contributed by atoms with Gasteiger partial charge < -0.3 is 0 Å². The molecule has 0 N–H and O–H groups in total. The third-order valence-electron chi connectivity index (χ3n) is 0.745. The van der Waals surface area contributed by atoms with Crippen LogP contribution < -0.4 is 0 Å². The largest absolute Gasteiger partial charge is 0.268 e. The summed E-state index contributed by atoms with van der Waals surface area (Å²) in [5.41, 5.74) is 0.835. The molecular formula is C7H10ClN. The molecule has 0 unspecified atom stereocenters. The molecule has 0 saturated carbocycles. The van der Waals surface area contributed by atoms with E-state index in [0.717, 1.165) is 5.57 Å². The van der Waals surface area contributed by atoms with Crippen LogP contribution in [0, 0.1) is 0 Å². The second kappa shape index (κ2) is 4.33. The van der Waals surface area contributed by atoms with Crippen molar-refractivity contribution in [3.63, 3.8) is 0 Å². The molecule has 0 radical (unpaired) electrons. The van der Waals surface area contributed by atoms with Crippen molar-refractivity contribution in [2.24, 2.45) is 4.99 Å². The van der Waals surface area contributed by atoms with Crippen LogP contribution in [-0.2, 0) is 0 Å². The van der Waals surface area contributed by atoms with Gasteiger partial charge in [-0.05, 0) is 19.4 Å². The summed E-state index contributed by atoms with van der Waals surface area (Å²) >= 11 is 5.64. The fraction of sp³-hybridized carbons (Fsp3) is 0.286. The highest BCUT2D eigenvalue weighted by Gasteiger charge is 1.87. The second-order valence-corrected chi connectivity index (χ2v) is 2.07. The summed E-state index contributed by atoms with van der Waals surface area (Å²) in [6.45, 7) is 7.30. The first kappa shape index (κ1) is 8.44. The maximum Gasteiger partial charge on any atom is 0.0611 e. The van der Waals surface area contributed by atoms with E-state index in [0.29, 0.717) is 5.03 Å². The number of allylic oxidation sites excluding steroid dienone is 2. The highest BCUT2D eigenvalue weighted by molar-refractivity contribution is 6.31. The van der Waals surface area contributed by atoms with Crippen LogP contribution in [0.5, 0.6) is 0 Å². The molecule has 0 heterocycles. The molecule has 2 heteroatoms. The number of aliphatic imine (C=N–C) groups is 1. The third kappa shape index (κ3) is 3.98. The summed E-state index contributed by atoms with van der Waals surface area (Å²) in [6, 6.07) is 0. The lowest BCUT2D eigenvalue weighted by Crippen LogP contribution is -1.69. The van der Waals surface area contributed by atoms with Gasteiger partial charge in [-0.2, -0.15) is 0 Å². The molecule has 0 fully saturated rings. The molecule has 0 aliphatic heterocycles. The van der Waals surface area contributed by atoms with Crippen molar-refractivity contribution in [2.75, 3.05) is 0 Å². The van der Waals surface area contributed by atoms with Crippen LogP contribution in [0.15, 0.2) is 28.4 Å². The van der Waals surface area contributed by atoms with Gasteiger partial charge in [0.2, 0.25) is 0 Å². The molecule has 0 aromatic heterocycles. The zero-order valence-electron chi connectivity index (χ0n) is 5.69. The first-order chi connectivity index (χ1) is 4.18. The van der Waals surface area contributed by atoms with E-state index in [1.165, 1.54) is 0 Å². The predicted molar refractivity (Wildman–Crippen MR) is 42.9 cm³/mol. The quantitative estimate of drug-likeness (QED) is 0.417. The normalized spacial score (nSPS) is 12.6. The van der Waals surface area contributed by atoms with Crippen molar-refractivity contribution in [3.05, 3.63) is 23.4 Å². The van der Waals surface area contributed by atoms with Gasteiger partial charge in [0.15, 0.2) is 0 Å². The maximum absolute atomic E-state index is 5.64. The van der Waals surface area contributed by atoms with E-state index in [1.54, 1.807) is 12.4 Å². The van der Waals surface area contributed by atoms with Crippen molar-refractivity contribution in [1.82, 2.24) is 0 Å². The zero-order valence-corrected chi connectivity index (χ0v) is 6.44. The summed E-state index contributed by atoms with van der Waals surface area (Å²) in [4.78, 5) is 3.81. The van der Waals surface area contributed by atoms with Gasteiger partial charge in [0.05, 0.1) is 5.03 Å². The molecule has 0 spiro atoms. The monoisotopic (exact) mass is 143 g/mol. The van der Waals surface area contributed by atoms with E-state index in [4.69, 9.17) is 11.6 Å². The standard InChI is InChI=1S/C7H10ClN/c1-4-9-5-7(8)6(2)3/h4-5H,2H2,1,3H3/b7-5+,9-4?. The Morgan fingerprint density at radius 2 is 2.22 bits per heavy atom. The highest BCUT2D eigenvalue weighted by Crippen LogP contribution is 2.10. The fourth-order valence-electron chi connectivity index (χ4n) is 0.250. The van der Waals surface area contributed by atoms with Crippen molar-refractivity contribution in [3.8, 4) is 0 Å². The lowest BCUT2D eigenvalue weighted by atomic mass is 10.3. The van der Waals surface area contributed by atoms with E-state index in [-0.39, 0.29) is 0 Å². The molecule has 0 bridgehead atoms. The smallest absolute Gasteiger partial charge is 0.0611 e. The summed E-state index contributed by atoms with van der Waals surface area (Å²) in [5, 5.41) is 0.605. The molecule has 0 aromatic carbocycles. The first-order valence-electron chi connectivity index (χ1n) is 2.67. The maximum atomic E-state index is 5.64. The molecule has 0 aliphatic carbocycles. The molecule has 0 saturated heterocycles. The molecule has 0 amide bonds. The van der Waals surface area contributed by atoms with E-state index in [2.05, 4.69) is 11.6 Å². The summed E-state index contributed by atoms with van der Waals surface area (Å²) in [7, 11) is 0. The SMILES string of the molecule is C=C(C)/C(Cl)=C\N=CC. The summed E-state index contributed by atoms with van der Waals surface area (Å²) in [6.07, 6.45) is 3.25. The number of rotatable bonds is 2. The average Bonchev–Trinajstić information content (AvgIpc) is 1.82. The topological polar surface area (TPSA) is 12.4 Å². The summed E-state index contributed by atoms with van der Waals surface area (Å²) in [5.74, 6) is 0. The Bertz CT molecular complexity index is 156. The highest BCUT2D eigenvalue weighted by atomic mass is 35.5. The third-order valence-corrected chi connectivity index (χ3v) is 1.16. The second-order valence-electron chi connectivity index (χ2n) is 1.66. The Morgan fingerprint density at radius 1 is 1.67 bits per heavy atom. The number of halogens is 1. The van der Waals surface area contributed by atoms with Crippen LogP contribution in [0.2, 0.25) is 0 Å². The van der Waals surface area contributed by atoms with Gasteiger partial charge in [0, 0.05) is 12.4 Å². The summed E-state index contributed by atoms with van der Waals surface area (Å²) < 4.78 is 0. The van der Waals surface area contributed by atoms with Crippen LogP contribution in [-0.4, -0.2) is 6.21 Å². The molecule has 0 aliphatic rings. The Morgan fingerprint density at radius 3 is 2.56 bits per heavy atom. The Balaban J connectivity index is 4.00. The molecular weight excluding hydrogens is 134 g/mol. The zero-order chi connectivity index (χ0) is 7.28. The van der Waals surface area contributed by atoms with Crippen LogP contribution in [0.4, 0.5) is 0 Å². The van der Waals surface area contributed by atoms with E-state index >= 15 is 0 Å². The Hall–Kier alpha value is -0.560. The minimum absolute atomic E-state index is 0.605. The molecule has 9 heavy (non-hydrogen) atoms. The number of hydrogen-bond donors (Lipinski definition) is 0. The Kier molecular flexibility index (Phi) is 4.06. The molecule has 1 nitrogen and oxygen atoms in total. The van der Waals surface area contributed by atoms with E-state index in [1.807, 2.05) is 13.8 Å². The van der Waals surface area contributed by atoms with Gasteiger partial charge in [0.1, 0.15) is 0 Å². The van der Waals surface area contributed by atoms with Crippen molar-refractivity contribution in [1.29, 1.82) is 0 Å². The van der Waals surface area contributed by atoms with Crippen molar-refractivity contribution < 1.29 is 0 Å². The van der Waals surface area contributed by atoms with Crippen molar-refractivity contribution >= 4 is 17.8 Å². The molecule has 0 aromatic rings. The lowest BCUT2D eigenvalue weighted by Gasteiger charge is -1.89. The van der Waals surface area contributed by atoms with Crippen LogP contribution in [0.3, 0.4) is 0 Å². The Labute approximate surface area is 60.7 Å². The van der Waals surface area contributed by atoms with Gasteiger partial charge in [-0.15, -0.1) is 0 Å². The van der Waals surface area contributed by atoms with Gasteiger partial charge in [0.25, 0.3) is 0 Å². The number of nitrogens with zero attached hydrogens (tertiary/aromatic N) is 1. The van der Waals surface area contributed by atoms with Gasteiger partial charge in [-0.3, -0.25) is 4.99 Å². The van der Waals surface area contributed by atoms with Crippen LogP contribution in [0.25, 0.3) is 0 Å². The molecule has 0 rings (SSSR count). The fourth-order valence-corrected chi connectivity index (χ4v) is 0.307. The lowest BCUT2D eigenvalue weighted by molar-refractivity contribution is 1.46. The molecule has 50 valence electrons. The van der Waals surface area contributed by atoms with Gasteiger partial charge in [-0.1, -0.05) is 18.2 Å². The van der Waals surface area contributed by atoms with Crippen LogP contribution in [0.1, 0.15) is 13.8 Å². The minimum Gasteiger partial charge on any atom is -0.268 e. The molecule has 0 atom stereocenters.